The van der Waals surface area contributed by atoms with Crippen molar-refractivity contribution in [1.82, 2.24) is 0 Å². The van der Waals surface area contributed by atoms with Crippen molar-refractivity contribution in [1.29, 1.82) is 0 Å². The van der Waals surface area contributed by atoms with Gasteiger partial charge in [-0.25, -0.2) is 0 Å². The fourth-order valence-electron chi connectivity index (χ4n) is 2.18. The van der Waals surface area contributed by atoms with E-state index in [-0.39, 0.29) is 17.1 Å². The van der Waals surface area contributed by atoms with Crippen LogP contribution in [0, 0.1) is 11.8 Å². The van der Waals surface area contributed by atoms with Gasteiger partial charge in [0, 0.05) is 18.8 Å². The Kier molecular flexibility index (Phi) is 7.90. The molecule has 5 heteroatoms. The van der Waals surface area contributed by atoms with Gasteiger partial charge in [0.25, 0.3) is 0 Å². The normalized spacial score (nSPS) is 28.3. The predicted octanol–water partition coefficient (Wildman–Crippen LogP) is 1.71. The minimum atomic E-state index is -0.297. The van der Waals surface area contributed by atoms with E-state index in [1.807, 2.05) is 0 Å². The molecule has 0 aromatic carbocycles. The molecule has 1 rings (SSSR count). The molecule has 3 atom stereocenters. The van der Waals surface area contributed by atoms with Gasteiger partial charge < -0.3 is 14.6 Å². The summed E-state index contributed by atoms with van der Waals surface area (Å²) in [6.45, 7) is 3.84. The summed E-state index contributed by atoms with van der Waals surface area (Å²) in [7, 11) is 1.64. The Balaban J connectivity index is 2.15. The highest BCUT2D eigenvalue weighted by molar-refractivity contribution is 8.13. The number of carbonyl (C=O) groups is 1. The average molecular weight is 276 g/mol. The van der Waals surface area contributed by atoms with Crippen LogP contribution < -0.4 is 0 Å². The van der Waals surface area contributed by atoms with Gasteiger partial charge in [0.05, 0.1) is 25.9 Å². The average Bonchev–Trinajstić information content (AvgIpc) is 2.36. The zero-order valence-electron chi connectivity index (χ0n) is 11.3. The van der Waals surface area contributed by atoms with Crippen LogP contribution in [-0.2, 0) is 14.3 Å². The molecule has 106 valence electrons. The maximum Gasteiger partial charge on any atom is 0.192 e. The fraction of sp³-hybridized carbons (Fsp3) is 0.923. The minimum Gasteiger partial charge on any atom is -0.393 e. The van der Waals surface area contributed by atoms with Crippen molar-refractivity contribution in [3.63, 3.8) is 0 Å². The number of methoxy groups -OCH3 is 1. The van der Waals surface area contributed by atoms with Crippen LogP contribution in [0.25, 0.3) is 0 Å². The van der Waals surface area contributed by atoms with Crippen molar-refractivity contribution in [2.45, 2.75) is 32.3 Å². The summed E-state index contributed by atoms with van der Waals surface area (Å²) in [5, 5.41) is 9.82. The van der Waals surface area contributed by atoms with E-state index in [1.54, 1.807) is 7.11 Å². The number of ether oxygens (including phenoxy) is 2. The molecule has 1 aliphatic rings. The van der Waals surface area contributed by atoms with Crippen LogP contribution in [-0.4, -0.2) is 49.0 Å². The summed E-state index contributed by atoms with van der Waals surface area (Å²) >= 11 is 1.33. The number of thioether (sulfide) groups is 1. The first-order valence-electron chi connectivity index (χ1n) is 6.56. The van der Waals surface area contributed by atoms with Crippen LogP contribution in [0.1, 0.15) is 26.2 Å². The van der Waals surface area contributed by atoms with Gasteiger partial charge in [-0.1, -0.05) is 18.7 Å². The zero-order chi connectivity index (χ0) is 13.4. The molecule has 18 heavy (non-hydrogen) atoms. The fourth-order valence-corrected chi connectivity index (χ4v) is 3.13. The highest BCUT2D eigenvalue weighted by Gasteiger charge is 2.31. The first kappa shape index (κ1) is 16.0. The van der Waals surface area contributed by atoms with Crippen LogP contribution in [0.15, 0.2) is 0 Å². The summed E-state index contributed by atoms with van der Waals surface area (Å²) in [5.74, 6) is 1.09. The highest BCUT2D eigenvalue weighted by Crippen LogP contribution is 2.33. The topological polar surface area (TPSA) is 55.8 Å². The number of aliphatic hydroxyl groups is 1. The summed E-state index contributed by atoms with van der Waals surface area (Å²) in [5.41, 5.74) is 0. The Labute approximate surface area is 113 Å². The third-order valence-electron chi connectivity index (χ3n) is 3.37. The van der Waals surface area contributed by atoms with Gasteiger partial charge in [-0.05, 0) is 25.2 Å². The summed E-state index contributed by atoms with van der Waals surface area (Å²) < 4.78 is 10.2. The highest BCUT2D eigenvalue weighted by atomic mass is 32.2. The minimum absolute atomic E-state index is 0.0118. The second kappa shape index (κ2) is 8.91. The van der Waals surface area contributed by atoms with Crippen molar-refractivity contribution >= 4 is 16.9 Å². The molecule has 0 aliphatic heterocycles. The number of rotatable bonds is 7. The quantitative estimate of drug-likeness (QED) is 0.717. The molecule has 0 aromatic rings. The molecule has 0 radical (unpaired) electrons. The molecular formula is C13H24O4S. The Morgan fingerprint density at radius 1 is 1.33 bits per heavy atom. The molecular weight excluding hydrogens is 252 g/mol. The van der Waals surface area contributed by atoms with Crippen molar-refractivity contribution in [2.24, 2.45) is 11.8 Å². The van der Waals surface area contributed by atoms with E-state index >= 15 is 0 Å². The van der Waals surface area contributed by atoms with Gasteiger partial charge in [-0.3, -0.25) is 4.79 Å². The predicted molar refractivity (Wildman–Crippen MR) is 72.7 cm³/mol. The number of hydrogen-bond donors (Lipinski definition) is 1. The summed E-state index contributed by atoms with van der Waals surface area (Å²) in [4.78, 5) is 12.0. The van der Waals surface area contributed by atoms with Crippen molar-refractivity contribution in [2.75, 3.05) is 32.7 Å². The Morgan fingerprint density at radius 3 is 2.83 bits per heavy atom. The summed E-state index contributed by atoms with van der Waals surface area (Å²) in [6, 6.07) is 0. The standard InChI is InChI=1S/C13H24O4S/c1-10-3-4-11(14)9-12(10)13(15)18-8-7-17-6-5-16-2/h10-12,14H,3-9H2,1-2H3. The SMILES string of the molecule is COCCOCCSC(=O)C1CC(O)CCC1C. The monoisotopic (exact) mass is 276 g/mol. The maximum absolute atomic E-state index is 12.0. The first-order valence-corrected chi connectivity index (χ1v) is 7.55. The second-order valence-corrected chi connectivity index (χ2v) is 5.92. The van der Waals surface area contributed by atoms with Crippen LogP contribution in [0.2, 0.25) is 0 Å². The third-order valence-corrected chi connectivity index (χ3v) is 4.33. The third kappa shape index (κ3) is 5.69. The van der Waals surface area contributed by atoms with E-state index in [2.05, 4.69) is 6.92 Å². The molecule has 0 bridgehead atoms. The van der Waals surface area contributed by atoms with Crippen LogP contribution in [0.5, 0.6) is 0 Å². The van der Waals surface area contributed by atoms with Gasteiger partial charge in [-0.2, -0.15) is 0 Å². The van der Waals surface area contributed by atoms with E-state index in [9.17, 15) is 9.90 Å². The van der Waals surface area contributed by atoms with Crippen LogP contribution in [0.3, 0.4) is 0 Å². The van der Waals surface area contributed by atoms with Crippen molar-refractivity contribution < 1.29 is 19.4 Å². The van der Waals surface area contributed by atoms with E-state index in [0.717, 1.165) is 12.8 Å². The molecule has 0 spiro atoms. The lowest BCUT2D eigenvalue weighted by Crippen LogP contribution is -2.30. The van der Waals surface area contributed by atoms with E-state index < -0.39 is 0 Å². The van der Waals surface area contributed by atoms with Crippen LogP contribution in [0.4, 0.5) is 0 Å². The molecule has 4 nitrogen and oxygen atoms in total. The Morgan fingerprint density at radius 2 is 2.11 bits per heavy atom. The molecule has 1 aliphatic carbocycles. The first-order chi connectivity index (χ1) is 8.65. The molecule has 0 saturated heterocycles. The lowest BCUT2D eigenvalue weighted by atomic mass is 9.80. The molecule has 0 heterocycles. The largest absolute Gasteiger partial charge is 0.393 e. The lowest BCUT2D eigenvalue weighted by molar-refractivity contribution is -0.118. The second-order valence-electron chi connectivity index (χ2n) is 4.82. The van der Waals surface area contributed by atoms with Crippen molar-refractivity contribution in [3.05, 3.63) is 0 Å². The smallest absolute Gasteiger partial charge is 0.192 e. The number of hydrogen-bond acceptors (Lipinski definition) is 5. The Hall–Kier alpha value is -0.100. The molecule has 3 unspecified atom stereocenters. The van der Waals surface area contributed by atoms with E-state index in [4.69, 9.17) is 9.47 Å². The van der Waals surface area contributed by atoms with Gasteiger partial charge in [0.1, 0.15) is 0 Å². The molecule has 1 fully saturated rings. The van der Waals surface area contributed by atoms with E-state index in [1.165, 1.54) is 11.8 Å². The van der Waals surface area contributed by atoms with E-state index in [0.29, 0.717) is 37.9 Å². The molecule has 1 N–H and O–H groups in total. The summed E-state index contributed by atoms with van der Waals surface area (Å²) in [6.07, 6.45) is 2.10. The Bertz CT molecular complexity index is 247. The van der Waals surface area contributed by atoms with Gasteiger partial charge in [0.2, 0.25) is 0 Å². The maximum atomic E-state index is 12.0. The molecule has 0 aromatic heterocycles. The van der Waals surface area contributed by atoms with Crippen LogP contribution >= 0.6 is 11.8 Å². The lowest BCUT2D eigenvalue weighted by Gasteiger charge is -2.30. The molecule has 1 saturated carbocycles. The number of aliphatic hydroxyl groups excluding tert-OH is 1. The molecule has 0 amide bonds. The van der Waals surface area contributed by atoms with Crippen molar-refractivity contribution in [3.8, 4) is 0 Å². The number of carbonyl (C=O) groups excluding carboxylic acids is 1. The van der Waals surface area contributed by atoms with Gasteiger partial charge in [-0.15, -0.1) is 0 Å². The zero-order valence-corrected chi connectivity index (χ0v) is 12.1. The van der Waals surface area contributed by atoms with Gasteiger partial charge in [0.15, 0.2) is 5.12 Å². The van der Waals surface area contributed by atoms with Gasteiger partial charge >= 0.3 is 0 Å².